The number of hydrogen-bond donors (Lipinski definition) is 0. The van der Waals surface area contributed by atoms with Crippen LogP contribution in [0.4, 0.5) is 0 Å². The number of benzene rings is 1. The molecule has 0 aliphatic heterocycles. The zero-order valence-electron chi connectivity index (χ0n) is 18.7. The molecule has 0 N–H and O–H groups in total. The molecule has 1 aromatic heterocycles. The third-order valence-electron chi connectivity index (χ3n) is 5.91. The molecular weight excluding hydrogens is 394 g/mol. The molecule has 1 aliphatic carbocycles. The lowest BCUT2D eigenvalue weighted by molar-refractivity contribution is -0.160. The van der Waals surface area contributed by atoms with Gasteiger partial charge in [-0.25, -0.2) is 16.4 Å². The third-order valence-corrected chi connectivity index (χ3v) is 5.91. The van der Waals surface area contributed by atoms with Gasteiger partial charge in [0.2, 0.25) is 0 Å². The highest BCUT2D eigenvalue weighted by atomic mass is 16.6. The number of methoxy groups -OCH3 is 1. The minimum Gasteiger partial charge on any atom is -0.468 e. The molecule has 0 amide bonds. The molecule has 164 valence electrons. The first-order valence-corrected chi connectivity index (χ1v) is 10.4. The van der Waals surface area contributed by atoms with Crippen LogP contribution in [0.1, 0.15) is 52.7 Å². The lowest BCUT2D eigenvalue weighted by Crippen LogP contribution is -2.42. The predicted molar refractivity (Wildman–Crippen MR) is 115 cm³/mol. The molecule has 1 unspecified atom stereocenters. The van der Waals surface area contributed by atoms with Crippen LogP contribution in [-0.2, 0) is 24.5 Å². The molecule has 1 saturated carbocycles. The molecule has 0 bridgehead atoms. The molecule has 3 atom stereocenters. The largest absolute Gasteiger partial charge is 0.468 e. The van der Waals surface area contributed by atoms with Crippen molar-refractivity contribution in [3.05, 3.63) is 60.0 Å². The van der Waals surface area contributed by atoms with E-state index in [1.165, 1.54) is 7.11 Å². The zero-order valence-corrected chi connectivity index (χ0v) is 18.7. The summed E-state index contributed by atoms with van der Waals surface area (Å²) in [6.07, 6.45) is 4.49. The first kappa shape index (κ1) is 22.5. The van der Waals surface area contributed by atoms with E-state index < -0.39 is 28.5 Å². The van der Waals surface area contributed by atoms with E-state index >= 15 is 0 Å². The number of carbonyl (C=O) groups excluding carboxylic acids is 2. The fraction of sp³-hybridized carbons (Fsp3) is 0.500. The van der Waals surface area contributed by atoms with E-state index in [9.17, 15) is 9.59 Å². The van der Waals surface area contributed by atoms with Crippen molar-refractivity contribution in [1.29, 1.82) is 0 Å². The van der Waals surface area contributed by atoms with Gasteiger partial charge in [-0.3, -0.25) is 9.64 Å². The Morgan fingerprint density at radius 1 is 1.29 bits per heavy atom. The van der Waals surface area contributed by atoms with E-state index in [4.69, 9.17) is 16.0 Å². The summed E-state index contributed by atoms with van der Waals surface area (Å²) in [5.74, 6) is -1.17. The van der Waals surface area contributed by atoms with Crippen molar-refractivity contribution in [1.82, 2.24) is 9.55 Å². The van der Waals surface area contributed by atoms with Gasteiger partial charge in [-0.15, -0.1) is 0 Å². The van der Waals surface area contributed by atoms with Crippen molar-refractivity contribution >= 4 is 11.9 Å². The molecule has 31 heavy (non-hydrogen) atoms. The molecule has 1 fully saturated rings. The SMILES string of the molecule is [C-]#[N+]C(CC)(C[C@H]1C[C@]1(C(=O)OC)c1cn(-c2ccccc2)cn1)C(=O)OC(C)(C)C. The van der Waals surface area contributed by atoms with Crippen LogP contribution >= 0.6 is 0 Å². The van der Waals surface area contributed by atoms with E-state index in [-0.39, 0.29) is 12.3 Å². The highest BCUT2D eigenvalue weighted by Crippen LogP contribution is 2.58. The number of esters is 2. The summed E-state index contributed by atoms with van der Waals surface area (Å²) in [6, 6.07) is 9.68. The number of rotatable bonds is 7. The number of ether oxygens (including phenoxy) is 2. The van der Waals surface area contributed by atoms with Gasteiger partial charge in [0.25, 0.3) is 0 Å². The summed E-state index contributed by atoms with van der Waals surface area (Å²) in [5, 5.41) is 0. The van der Waals surface area contributed by atoms with Gasteiger partial charge >= 0.3 is 17.5 Å². The normalized spacial score (nSPS) is 22.1. The Bertz CT molecular complexity index is 1000. The highest BCUT2D eigenvalue weighted by molar-refractivity contribution is 5.88. The summed E-state index contributed by atoms with van der Waals surface area (Å²) in [5.41, 5.74) is -1.47. The topological polar surface area (TPSA) is 74.8 Å². The van der Waals surface area contributed by atoms with Gasteiger partial charge in [0.15, 0.2) is 0 Å². The number of carbonyl (C=O) groups is 2. The number of imidazole rings is 1. The van der Waals surface area contributed by atoms with Gasteiger partial charge in [0.05, 0.1) is 19.1 Å². The minimum absolute atomic E-state index is 0.217. The Morgan fingerprint density at radius 3 is 2.52 bits per heavy atom. The Kier molecular flexibility index (Phi) is 5.95. The molecular formula is C24H29N3O4. The van der Waals surface area contributed by atoms with Crippen LogP contribution in [0.25, 0.3) is 10.5 Å². The van der Waals surface area contributed by atoms with Crippen molar-refractivity contribution < 1.29 is 19.1 Å². The molecule has 7 heteroatoms. The Morgan fingerprint density at radius 2 is 1.97 bits per heavy atom. The molecule has 3 rings (SSSR count). The summed E-state index contributed by atoms with van der Waals surface area (Å²) in [7, 11) is 1.35. The maximum Gasteiger partial charge on any atom is 0.393 e. The second-order valence-electron chi connectivity index (χ2n) is 9.07. The van der Waals surface area contributed by atoms with E-state index in [0.717, 1.165) is 5.69 Å². The second kappa shape index (κ2) is 8.18. The second-order valence-corrected chi connectivity index (χ2v) is 9.07. The van der Waals surface area contributed by atoms with Crippen molar-refractivity contribution in [2.75, 3.05) is 7.11 Å². The highest BCUT2D eigenvalue weighted by Gasteiger charge is 2.67. The molecule has 1 heterocycles. The summed E-state index contributed by atoms with van der Waals surface area (Å²) < 4.78 is 12.5. The molecule has 0 radical (unpaired) electrons. The lowest BCUT2D eigenvalue weighted by Gasteiger charge is -2.26. The maximum atomic E-state index is 12.9. The van der Waals surface area contributed by atoms with Gasteiger partial charge < -0.3 is 14.0 Å². The van der Waals surface area contributed by atoms with Crippen molar-refractivity contribution in [2.45, 2.75) is 63.5 Å². The van der Waals surface area contributed by atoms with Crippen LogP contribution in [-0.4, -0.2) is 39.7 Å². The fourth-order valence-electron chi connectivity index (χ4n) is 4.04. The molecule has 0 spiro atoms. The van der Waals surface area contributed by atoms with Crippen LogP contribution in [0, 0.1) is 12.5 Å². The van der Waals surface area contributed by atoms with Gasteiger partial charge in [-0.2, -0.15) is 0 Å². The summed E-state index contributed by atoms with van der Waals surface area (Å²) >= 11 is 0. The molecule has 7 nitrogen and oxygen atoms in total. The quantitative estimate of drug-likeness (QED) is 0.495. The minimum atomic E-state index is -1.34. The maximum absolute atomic E-state index is 12.9. The monoisotopic (exact) mass is 423 g/mol. The third kappa shape index (κ3) is 4.20. The van der Waals surface area contributed by atoms with Crippen LogP contribution in [0.2, 0.25) is 0 Å². The Hall–Kier alpha value is -3.14. The van der Waals surface area contributed by atoms with Crippen molar-refractivity contribution in [3.63, 3.8) is 0 Å². The Labute approximate surface area is 183 Å². The average Bonchev–Trinajstić information content (AvgIpc) is 3.23. The van der Waals surface area contributed by atoms with E-state index in [0.29, 0.717) is 18.5 Å². The van der Waals surface area contributed by atoms with Gasteiger partial charge in [0.1, 0.15) is 11.0 Å². The van der Waals surface area contributed by atoms with E-state index in [2.05, 4.69) is 9.83 Å². The number of aromatic nitrogens is 2. The first-order valence-electron chi connectivity index (χ1n) is 10.4. The van der Waals surface area contributed by atoms with Gasteiger partial charge in [-0.1, -0.05) is 25.1 Å². The van der Waals surface area contributed by atoms with E-state index in [1.54, 1.807) is 34.0 Å². The van der Waals surface area contributed by atoms with Crippen LogP contribution in [0.3, 0.4) is 0 Å². The summed E-state index contributed by atoms with van der Waals surface area (Å²) in [4.78, 5) is 34.0. The van der Waals surface area contributed by atoms with Crippen LogP contribution < -0.4 is 0 Å². The van der Waals surface area contributed by atoms with Crippen LogP contribution in [0.15, 0.2) is 42.9 Å². The first-order chi connectivity index (χ1) is 14.6. The van der Waals surface area contributed by atoms with Gasteiger partial charge in [-0.05, 0) is 45.2 Å². The smallest absolute Gasteiger partial charge is 0.393 e. The fourth-order valence-corrected chi connectivity index (χ4v) is 4.04. The lowest BCUT2D eigenvalue weighted by atomic mass is 9.86. The zero-order chi connectivity index (χ0) is 22.9. The van der Waals surface area contributed by atoms with Crippen LogP contribution in [0.5, 0.6) is 0 Å². The summed E-state index contributed by atoms with van der Waals surface area (Å²) in [6.45, 7) is 14.9. The standard InChI is InChI=1S/C24H29N3O4/c1-7-23(25-5,20(28)31-22(2,3)4)13-17-14-24(17,21(29)30-6)19-15-27(16-26-19)18-11-9-8-10-12-18/h8-12,15-17H,7,13-14H2,1-4,6H3/t17-,23?,24+/m0/s1. The van der Waals surface area contributed by atoms with Crippen molar-refractivity contribution in [3.8, 4) is 5.69 Å². The number of hydrogen-bond acceptors (Lipinski definition) is 5. The van der Waals surface area contributed by atoms with E-state index in [1.807, 2.05) is 41.1 Å². The Balaban J connectivity index is 1.91. The molecule has 1 aliphatic rings. The van der Waals surface area contributed by atoms with Crippen molar-refractivity contribution in [2.24, 2.45) is 5.92 Å². The predicted octanol–water partition coefficient (Wildman–Crippen LogP) is 4.10. The molecule has 2 aromatic rings. The van der Waals surface area contributed by atoms with Gasteiger partial charge in [0, 0.05) is 24.7 Å². The molecule has 1 aromatic carbocycles. The number of nitrogens with zero attached hydrogens (tertiary/aromatic N) is 3. The average molecular weight is 424 g/mol. The molecule has 0 saturated heterocycles. The number of para-hydroxylation sites is 1.